The maximum atomic E-state index is 12.3. The summed E-state index contributed by atoms with van der Waals surface area (Å²) >= 11 is 10.2. The number of rotatable bonds is 2. The molecule has 1 amide bonds. The molecule has 5 heteroatoms. The molecule has 0 spiro atoms. The molecule has 100 valence electrons. The first-order valence-corrected chi connectivity index (χ1v) is 6.64. The zero-order valence-electron chi connectivity index (χ0n) is 10.6. The van der Waals surface area contributed by atoms with Gasteiger partial charge in [-0.05, 0) is 42.8 Å². The van der Waals surface area contributed by atoms with Gasteiger partial charge >= 0.3 is 0 Å². The summed E-state index contributed by atoms with van der Waals surface area (Å²) in [6.45, 7) is 1.84. The molecule has 0 atom stereocenters. The van der Waals surface area contributed by atoms with Gasteiger partial charge in [0.05, 0.1) is 22.3 Å². The highest BCUT2D eigenvalue weighted by molar-refractivity contribution is 7.80. The molecule has 0 heterocycles. The van der Waals surface area contributed by atoms with E-state index in [1.54, 1.807) is 24.3 Å². The number of amides is 1. The van der Waals surface area contributed by atoms with Gasteiger partial charge in [0, 0.05) is 10.5 Å². The van der Waals surface area contributed by atoms with Crippen LogP contribution in [-0.4, -0.2) is 5.91 Å². The van der Waals surface area contributed by atoms with Crippen molar-refractivity contribution in [1.29, 1.82) is 5.26 Å². The average Bonchev–Trinajstić information content (AvgIpc) is 2.43. The minimum atomic E-state index is -0.282. The van der Waals surface area contributed by atoms with Gasteiger partial charge in [-0.2, -0.15) is 5.26 Å². The maximum absolute atomic E-state index is 12.3. The van der Waals surface area contributed by atoms with Crippen LogP contribution in [0.3, 0.4) is 0 Å². The Morgan fingerprint density at radius 2 is 2.05 bits per heavy atom. The number of carbonyl (C=O) groups is 1. The monoisotopic (exact) mass is 302 g/mol. The Balaban J connectivity index is 2.33. The van der Waals surface area contributed by atoms with Crippen molar-refractivity contribution >= 4 is 35.8 Å². The molecule has 2 aromatic carbocycles. The van der Waals surface area contributed by atoms with Crippen molar-refractivity contribution in [1.82, 2.24) is 0 Å². The highest BCUT2D eigenvalue weighted by atomic mass is 35.5. The number of nitrogens with one attached hydrogen (secondary N) is 1. The van der Waals surface area contributed by atoms with E-state index in [0.29, 0.717) is 26.7 Å². The van der Waals surface area contributed by atoms with Gasteiger partial charge in [-0.1, -0.05) is 17.7 Å². The van der Waals surface area contributed by atoms with Crippen LogP contribution in [0.25, 0.3) is 0 Å². The van der Waals surface area contributed by atoms with Crippen molar-refractivity contribution in [2.75, 3.05) is 5.32 Å². The smallest absolute Gasteiger partial charge is 0.256 e. The number of anilines is 1. The van der Waals surface area contributed by atoms with Crippen LogP contribution in [0.5, 0.6) is 0 Å². The summed E-state index contributed by atoms with van der Waals surface area (Å²) in [6.07, 6.45) is 0. The molecule has 0 bridgehead atoms. The first-order valence-electron chi connectivity index (χ1n) is 5.82. The van der Waals surface area contributed by atoms with E-state index in [4.69, 9.17) is 16.9 Å². The highest BCUT2D eigenvalue weighted by Gasteiger charge is 2.12. The summed E-state index contributed by atoms with van der Waals surface area (Å²) in [5.41, 5.74) is 2.22. The molecular formula is C15H11ClN2OS. The van der Waals surface area contributed by atoms with Crippen LogP contribution in [0.4, 0.5) is 5.69 Å². The summed E-state index contributed by atoms with van der Waals surface area (Å²) in [5, 5.41) is 12.0. The molecule has 0 radical (unpaired) electrons. The molecule has 0 saturated heterocycles. The topological polar surface area (TPSA) is 52.9 Å². The van der Waals surface area contributed by atoms with Crippen LogP contribution >= 0.6 is 24.2 Å². The Labute approximate surface area is 127 Å². The molecule has 0 aromatic heterocycles. The van der Waals surface area contributed by atoms with E-state index < -0.39 is 0 Å². The Morgan fingerprint density at radius 1 is 1.30 bits per heavy atom. The number of thiol groups is 1. The van der Waals surface area contributed by atoms with Crippen molar-refractivity contribution in [3.05, 3.63) is 58.1 Å². The van der Waals surface area contributed by atoms with Crippen LogP contribution in [0.2, 0.25) is 5.02 Å². The third-order valence-electron chi connectivity index (χ3n) is 2.81. The summed E-state index contributed by atoms with van der Waals surface area (Å²) in [6, 6.07) is 12.1. The van der Waals surface area contributed by atoms with Crippen LogP contribution in [0.15, 0.2) is 41.3 Å². The van der Waals surface area contributed by atoms with Crippen molar-refractivity contribution in [3.63, 3.8) is 0 Å². The lowest BCUT2D eigenvalue weighted by Gasteiger charge is -2.10. The van der Waals surface area contributed by atoms with Gasteiger partial charge in [-0.25, -0.2) is 0 Å². The fraction of sp³-hybridized carbons (Fsp3) is 0.0667. The van der Waals surface area contributed by atoms with Crippen LogP contribution in [0, 0.1) is 18.3 Å². The largest absolute Gasteiger partial charge is 0.321 e. The number of aryl methyl sites for hydroxylation is 1. The summed E-state index contributed by atoms with van der Waals surface area (Å²) in [7, 11) is 0. The number of halogens is 1. The van der Waals surface area contributed by atoms with Crippen molar-refractivity contribution in [2.45, 2.75) is 11.8 Å². The van der Waals surface area contributed by atoms with Gasteiger partial charge in [0.2, 0.25) is 0 Å². The van der Waals surface area contributed by atoms with Gasteiger partial charge in [0.1, 0.15) is 0 Å². The molecule has 0 unspecified atom stereocenters. The van der Waals surface area contributed by atoms with E-state index >= 15 is 0 Å². The second kappa shape index (κ2) is 6.00. The van der Waals surface area contributed by atoms with Gasteiger partial charge < -0.3 is 5.32 Å². The Morgan fingerprint density at radius 3 is 2.75 bits per heavy atom. The first kappa shape index (κ1) is 14.4. The van der Waals surface area contributed by atoms with Gasteiger partial charge in [-0.3, -0.25) is 4.79 Å². The maximum Gasteiger partial charge on any atom is 0.256 e. The standard InChI is InChI=1S/C15H11ClN2OS/c1-9-2-4-11(20)7-12(9)15(19)18-14-6-10(8-17)3-5-13(14)16/h2-7,20H,1H3,(H,18,19). The molecule has 3 nitrogen and oxygen atoms in total. The summed E-state index contributed by atoms with van der Waals surface area (Å²) < 4.78 is 0. The predicted octanol–water partition coefficient (Wildman–Crippen LogP) is 4.06. The lowest BCUT2D eigenvalue weighted by molar-refractivity contribution is 0.102. The van der Waals surface area contributed by atoms with E-state index in [1.807, 2.05) is 25.1 Å². The number of hydrogen-bond donors (Lipinski definition) is 2. The third kappa shape index (κ3) is 3.13. The molecule has 0 aliphatic rings. The summed E-state index contributed by atoms with van der Waals surface area (Å²) in [5.74, 6) is -0.282. The van der Waals surface area contributed by atoms with Gasteiger partial charge in [-0.15, -0.1) is 12.6 Å². The molecule has 0 aliphatic heterocycles. The SMILES string of the molecule is Cc1ccc(S)cc1C(=O)Nc1cc(C#N)ccc1Cl. The zero-order valence-corrected chi connectivity index (χ0v) is 12.3. The predicted molar refractivity (Wildman–Crippen MR) is 82.6 cm³/mol. The van der Waals surface area contributed by atoms with Gasteiger partial charge in [0.15, 0.2) is 0 Å². The van der Waals surface area contributed by atoms with E-state index in [0.717, 1.165) is 5.56 Å². The first-order chi connectivity index (χ1) is 9.51. The molecule has 0 aliphatic carbocycles. The van der Waals surface area contributed by atoms with Crippen molar-refractivity contribution in [2.24, 2.45) is 0 Å². The molecule has 2 rings (SSSR count). The van der Waals surface area contributed by atoms with E-state index in [1.165, 1.54) is 0 Å². The number of nitrogens with zero attached hydrogens (tertiary/aromatic N) is 1. The summed E-state index contributed by atoms with van der Waals surface area (Å²) in [4.78, 5) is 13.0. The molecule has 20 heavy (non-hydrogen) atoms. The second-order valence-corrected chi connectivity index (χ2v) is 5.18. The fourth-order valence-corrected chi connectivity index (χ4v) is 2.10. The van der Waals surface area contributed by atoms with Crippen LogP contribution < -0.4 is 5.32 Å². The highest BCUT2D eigenvalue weighted by Crippen LogP contribution is 2.24. The van der Waals surface area contributed by atoms with Gasteiger partial charge in [0.25, 0.3) is 5.91 Å². The van der Waals surface area contributed by atoms with E-state index in [2.05, 4.69) is 17.9 Å². The number of nitriles is 1. The van der Waals surface area contributed by atoms with Crippen LogP contribution in [-0.2, 0) is 0 Å². The third-order valence-corrected chi connectivity index (χ3v) is 3.42. The second-order valence-electron chi connectivity index (χ2n) is 4.26. The van der Waals surface area contributed by atoms with Crippen molar-refractivity contribution < 1.29 is 4.79 Å². The van der Waals surface area contributed by atoms with E-state index in [9.17, 15) is 4.79 Å². The minimum absolute atomic E-state index is 0.282. The lowest BCUT2D eigenvalue weighted by Crippen LogP contribution is -2.13. The van der Waals surface area contributed by atoms with Crippen molar-refractivity contribution in [3.8, 4) is 6.07 Å². The molecule has 2 aromatic rings. The fourth-order valence-electron chi connectivity index (χ4n) is 1.73. The Bertz CT molecular complexity index is 722. The number of hydrogen-bond acceptors (Lipinski definition) is 3. The quantitative estimate of drug-likeness (QED) is 0.822. The normalized spacial score (nSPS) is 9.90. The number of benzene rings is 2. The molecular weight excluding hydrogens is 292 g/mol. The molecule has 0 fully saturated rings. The minimum Gasteiger partial charge on any atom is -0.321 e. The van der Waals surface area contributed by atoms with Crippen LogP contribution in [0.1, 0.15) is 21.5 Å². The number of carbonyl (C=O) groups excluding carboxylic acids is 1. The lowest BCUT2D eigenvalue weighted by atomic mass is 10.1. The Kier molecular flexibility index (Phi) is 4.33. The molecule has 1 N–H and O–H groups in total. The average molecular weight is 303 g/mol. The zero-order chi connectivity index (χ0) is 14.7. The Hall–Kier alpha value is -1.96. The molecule has 0 saturated carbocycles. The van der Waals surface area contributed by atoms with E-state index in [-0.39, 0.29) is 5.91 Å².